The Morgan fingerprint density at radius 3 is 2.58 bits per heavy atom. The Morgan fingerprint density at radius 1 is 1.21 bits per heavy atom. The average molecular weight is 331 g/mol. The summed E-state index contributed by atoms with van der Waals surface area (Å²) in [4.78, 5) is 23.7. The summed E-state index contributed by atoms with van der Waals surface area (Å²) in [6.45, 7) is 1.31. The maximum Gasteiger partial charge on any atom is 0.331 e. The molecule has 1 unspecified atom stereocenters. The Bertz CT molecular complexity index is 758. The molecule has 0 bridgehead atoms. The number of fused-ring (bicyclic) bond motifs is 1. The van der Waals surface area contributed by atoms with E-state index < -0.39 is 11.5 Å². The average Bonchev–Trinajstić information content (AvgIpc) is 2.54. The SMILES string of the molecule is COCC(C)(NC(=O)Cc1cccc2ccc(OC)cc12)C(=O)O. The van der Waals surface area contributed by atoms with Crippen LogP contribution in [-0.4, -0.2) is 43.3 Å². The summed E-state index contributed by atoms with van der Waals surface area (Å²) in [5.74, 6) is -0.824. The predicted octanol–water partition coefficient (Wildman–Crippen LogP) is 2.00. The quantitative estimate of drug-likeness (QED) is 0.810. The third kappa shape index (κ3) is 3.83. The topological polar surface area (TPSA) is 84.9 Å². The van der Waals surface area contributed by atoms with Crippen molar-refractivity contribution in [3.63, 3.8) is 0 Å². The van der Waals surface area contributed by atoms with Crippen molar-refractivity contribution in [3.05, 3.63) is 42.0 Å². The highest BCUT2D eigenvalue weighted by Gasteiger charge is 2.34. The number of amides is 1. The lowest BCUT2D eigenvalue weighted by Gasteiger charge is -2.25. The Balaban J connectivity index is 2.25. The predicted molar refractivity (Wildman–Crippen MR) is 90.3 cm³/mol. The third-order valence-corrected chi connectivity index (χ3v) is 3.85. The smallest absolute Gasteiger partial charge is 0.331 e. The number of aliphatic carboxylic acids is 1. The number of hydrogen-bond acceptors (Lipinski definition) is 4. The van der Waals surface area contributed by atoms with E-state index in [1.54, 1.807) is 7.11 Å². The van der Waals surface area contributed by atoms with E-state index in [0.29, 0.717) is 5.75 Å². The van der Waals surface area contributed by atoms with Crippen LogP contribution in [-0.2, 0) is 20.7 Å². The molecule has 6 nitrogen and oxygen atoms in total. The molecule has 1 amide bonds. The van der Waals surface area contributed by atoms with Crippen molar-refractivity contribution >= 4 is 22.6 Å². The first-order chi connectivity index (χ1) is 11.4. The Kier molecular flexibility index (Phi) is 5.41. The summed E-state index contributed by atoms with van der Waals surface area (Å²) in [5.41, 5.74) is -0.664. The molecule has 2 aromatic rings. The molecule has 0 aliphatic rings. The monoisotopic (exact) mass is 331 g/mol. The van der Waals surface area contributed by atoms with Gasteiger partial charge < -0.3 is 19.9 Å². The molecule has 0 aliphatic carbocycles. The standard InChI is InChI=1S/C18H21NO5/c1-18(11-23-2,17(21)22)19-16(20)9-13-6-4-5-12-7-8-14(24-3)10-15(12)13/h4-8,10H,9,11H2,1-3H3,(H,19,20)(H,21,22). The Morgan fingerprint density at radius 2 is 1.96 bits per heavy atom. The first kappa shape index (κ1) is 17.7. The molecule has 2 rings (SSSR count). The highest BCUT2D eigenvalue weighted by atomic mass is 16.5. The van der Waals surface area contributed by atoms with Gasteiger partial charge in [0.2, 0.25) is 5.91 Å². The molecule has 2 N–H and O–H groups in total. The second-order valence-electron chi connectivity index (χ2n) is 5.80. The van der Waals surface area contributed by atoms with E-state index in [4.69, 9.17) is 9.47 Å². The van der Waals surface area contributed by atoms with E-state index in [9.17, 15) is 14.7 Å². The second kappa shape index (κ2) is 7.31. The first-order valence-corrected chi connectivity index (χ1v) is 7.48. The Hall–Kier alpha value is -2.60. The number of methoxy groups -OCH3 is 2. The molecule has 1 atom stereocenters. The van der Waals surface area contributed by atoms with Crippen LogP contribution in [0.25, 0.3) is 10.8 Å². The molecule has 128 valence electrons. The summed E-state index contributed by atoms with van der Waals surface area (Å²) in [7, 11) is 2.98. The largest absolute Gasteiger partial charge is 0.497 e. The van der Waals surface area contributed by atoms with Gasteiger partial charge in [-0.2, -0.15) is 0 Å². The van der Waals surface area contributed by atoms with E-state index in [0.717, 1.165) is 16.3 Å². The molecule has 0 aliphatic heterocycles. The van der Waals surface area contributed by atoms with Crippen molar-refractivity contribution in [3.8, 4) is 5.75 Å². The van der Waals surface area contributed by atoms with Gasteiger partial charge in [0.05, 0.1) is 20.1 Å². The van der Waals surface area contributed by atoms with Crippen LogP contribution in [0.1, 0.15) is 12.5 Å². The van der Waals surface area contributed by atoms with Gasteiger partial charge in [0, 0.05) is 7.11 Å². The molecule has 24 heavy (non-hydrogen) atoms. The fraction of sp³-hybridized carbons (Fsp3) is 0.333. The number of rotatable bonds is 7. The lowest BCUT2D eigenvalue weighted by atomic mass is 10.00. The van der Waals surface area contributed by atoms with Crippen LogP contribution in [0.4, 0.5) is 0 Å². The molecule has 0 radical (unpaired) electrons. The van der Waals surface area contributed by atoms with Crippen LogP contribution in [0.15, 0.2) is 36.4 Å². The molecule has 0 fully saturated rings. The zero-order valence-electron chi connectivity index (χ0n) is 14.0. The van der Waals surface area contributed by atoms with Crippen LogP contribution >= 0.6 is 0 Å². The molecule has 0 aromatic heterocycles. The molecule has 0 heterocycles. The lowest BCUT2D eigenvalue weighted by molar-refractivity contribution is -0.149. The van der Waals surface area contributed by atoms with Crippen LogP contribution in [0, 0.1) is 0 Å². The molecular weight excluding hydrogens is 310 g/mol. The summed E-state index contributed by atoms with van der Waals surface area (Å²) in [6.07, 6.45) is 0.0666. The Labute approximate surface area is 140 Å². The van der Waals surface area contributed by atoms with Gasteiger partial charge >= 0.3 is 5.97 Å². The minimum absolute atomic E-state index is 0.0666. The normalized spacial score (nSPS) is 13.3. The number of hydrogen-bond donors (Lipinski definition) is 2. The van der Waals surface area contributed by atoms with Crippen molar-refractivity contribution in [1.29, 1.82) is 0 Å². The summed E-state index contributed by atoms with van der Waals surface area (Å²) in [5, 5.41) is 13.7. The summed E-state index contributed by atoms with van der Waals surface area (Å²) < 4.78 is 10.1. The first-order valence-electron chi connectivity index (χ1n) is 7.48. The second-order valence-corrected chi connectivity index (χ2v) is 5.80. The highest BCUT2D eigenvalue weighted by Crippen LogP contribution is 2.24. The highest BCUT2D eigenvalue weighted by molar-refractivity contribution is 5.93. The maximum absolute atomic E-state index is 12.3. The lowest BCUT2D eigenvalue weighted by Crippen LogP contribution is -2.55. The number of benzene rings is 2. The van der Waals surface area contributed by atoms with E-state index in [-0.39, 0.29) is 18.9 Å². The van der Waals surface area contributed by atoms with Gasteiger partial charge in [-0.25, -0.2) is 4.79 Å². The molecular formula is C18H21NO5. The number of carboxylic acids is 1. The fourth-order valence-corrected chi connectivity index (χ4v) is 2.56. The van der Waals surface area contributed by atoms with Crippen LogP contribution in [0.2, 0.25) is 0 Å². The minimum Gasteiger partial charge on any atom is -0.497 e. The van der Waals surface area contributed by atoms with Crippen molar-refractivity contribution in [2.24, 2.45) is 0 Å². The van der Waals surface area contributed by atoms with Crippen molar-refractivity contribution in [1.82, 2.24) is 5.32 Å². The number of carbonyl (C=O) groups is 2. The number of carboxylic acid groups (broad SMARTS) is 1. The van der Waals surface area contributed by atoms with Gasteiger partial charge in [0.25, 0.3) is 0 Å². The zero-order valence-corrected chi connectivity index (χ0v) is 14.0. The number of nitrogens with one attached hydrogen (secondary N) is 1. The van der Waals surface area contributed by atoms with Crippen molar-refractivity contribution in [2.45, 2.75) is 18.9 Å². The maximum atomic E-state index is 12.3. The third-order valence-electron chi connectivity index (χ3n) is 3.85. The van der Waals surface area contributed by atoms with E-state index in [2.05, 4.69) is 5.32 Å². The number of carbonyl (C=O) groups excluding carboxylic acids is 1. The summed E-state index contributed by atoms with van der Waals surface area (Å²) >= 11 is 0. The number of ether oxygens (including phenoxy) is 2. The van der Waals surface area contributed by atoms with Gasteiger partial charge in [0.1, 0.15) is 5.75 Å². The van der Waals surface area contributed by atoms with Gasteiger partial charge in [-0.3, -0.25) is 4.79 Å². The van der Waals surface area contributed by atoms with Crippen molar-refractivity contribution < 1.29 is 24.2 Å². The van der Waals surface area contributed by atoms with E-state index in [1.807, 2.05) is 36.4 Å². The van der Waals surface area contributed by atoms with E-state index >= 15 is 0 Å². The molecule has 0 saturated heterocycles. The van der Waals surface area contributed by atoms with Crippen LogP contribution in [0.5, 0.6) is 5.75 Å². The van der Waals surface area contributed by atoms with Gasteiger partial charge in [-0.1, -0.05) is 24.3 Å². The minimum atomic E-state index is -1.46. The van der Waals surface area contributed by atoms with E-state index in [1.165, 1.54) is 14.0 Å². The summed E-state index contributed by atoms with van der Waals surface area (Å²) in [6, 6.07) is 11.3. The molecule has 2 aromatic carbocycles. The molecule has 6 heteroatoms. The molecule has 0 spiro atoms. The van der Waals surface area contributed by atoms with Crippen LogP contribution < -0.4 is 10.1 Å². The van der Waals surface area contributed by atoms with Crippen molar-refractivity contribution in [2.75, 3.05) is 20.8 Å². The van der Waals surface area contributed by atoms with Gasteiger partial charge in [-0.05, 0) is 35.4 Å². The zero-order chi connectivity index (χ0) is 17.7. The van der Waals surface area contributed by atoms with Gasteiger partial charge in [0.15, 0.2) is 5.54 Å². The van der Waals surface area contributed by atoms with Gasteiger partial charge in [-0.15, -0.1) is 0 Å². The molecule has 0 saturated carbocycles. The fourth-order valence-electron chi connectivity index (χ4n) is 2.56. The van der Waals surface area contributed by atoms with Crippen LogP contribution in [0.3, 0.4) is 0 Å².